The van der Waals surface area contributed by atoms with Crippen molar-refractivity contribution in [3.8, 4) is 0 Å². The van der Waals surface area contributed by atoms with Crippen LogP contribution in [0.5, 0.6) is 0 Å². The van der Waals surface area contributed by atoms with E-state index in [4.69, 9.17) is 5.73 Å². The third-order valence-electron chi connectivity index (χ3n) is 3.40. The second-order valence-corrected chi connectivity index (χ2v) is 6.49. The quantitative estimate of drug-likeness (QED) is 0.911. The number of anilines is 1. The van der Waals surface area contributed by atoms with Gasteiger partial charge >= 0.3 is 0 Å². The van der Waals surface area contributed by atoms with Gasteiger partial charge in [-0.25, -0.2) is 4.98 Å². The van der Waals surface area contributed by atoms with E-state index in [0.717, 1.165) is 37.2 Å². The number of halogens is 1. The van der Waals surface area contributed by atoms with E-state index in [1.54, 1.807) is 12.3 Å². The Bertz CT molecular complexity index is 484. The van der Waals surface area contributed by atoms with Gasteiger partial charge < -0.3 is 10.6 Å². The number of hydrogen-bond acceptors (Lipinski definition) is 4. The maximum Gasteiger partial charge on any atom is 0.257 e. The predicted octanol–water partition coefficient (Wildman–Crippen LogP) is 1.84. The van der Waals surface area contributed by atoms with Gasteiger partial charge in [-0.05, 0) is 27.9 Å². The van der Waals surface area contributed by atoms with Gasteiger partial charge in [0.2, 0.25) is 0 Å². The van der Waals surface area contributed by atoms with Crippen molar-refractivity contribution in [2.75, 3.05) is 38.5 Å². The number of rotatable bonds is 3. The zero-order valence-electron chi connectivity index (χ0n) is 12.0. The number of amides is 1. The molecule has 0 bridgehead atoms. The molecule has 1 saturated heterocycles. The number of nitrogens with two attached hydrogens (primary N) is 1. The Morgan fingerprint density at radius 3 is 2.65 bits per heavy atom. The molecule has 1 fully saturated rings. The number of carbonyl (C=O) groups excluding carboxylic acids is 1. The van der Waals surface area contributed by atoms with Crippen LogP contribution in [0.4, 0.5) is 5.82 Å². The molecule has 0 radical (unpaired) electrons. The van der Waals surface area contributed by atoms with Gasteiger partial charge in [0.1, 0.15) is 5.82 Å². The van der Waals surface area contributed by atoms with Crippen molar-refractivity contribution in [3.05, 3.63) is 22.3 Å². The summed E-state index contributed by atoms with van der Waals surface area (Å²) >= 11 is 3.33. The first-order valence-electron chi connectivity index (χ1n) is 6.90. The van der Waals surface area contributed by atoms with Crippen LogP contribution >= 0.6 is 15.9 Å². The zero-order chi connectivity index (χ0) is 14.7. The average molecular weight is 341 g/mol. The fourth-order valence-electron chi connectivity index (χ4n) is 2.44. The minimum atomic E-state index is -0.0273. The number of nitrogens with zero attached hydrogens (tertiary/aromatic N) is 3. The maximum absolute atomic E-state index is 12.5. The summed E-state index contributed by atoms with van der Waals surface area (Å²) in [6, 6.07) is 1.74. The van der Waals surface area contributed by atoms with Gasteiger partial charge in [0.25, 0.3) is 5.91 Å². The number of piperazine rings is 1. The molecule has 1 aliphatic rings. The average Bonchev–Trinajstić information content (AvgIpc) is 2.41. The highest BCUT2D eigenvalue weighted by atomic mass is 79.9. The monoisotopic (exact) mass is 340 g/mol. The molecule has 2 rings (SSSR count). The normalized spacial score (nSPS) is 16.7. The summed E-state index contributed by atoms with van der Waals surface area (Å²) in [7, 11) is 0. The van der Waals surface area contributed by atoms with Gasteiger partial charge in [-0.3, -0.25) is 9.69 Å². The van der Waals surface area contributed by atoms with Crippen molar-refractivity contribution in [2.45, 2.75) is 13.8 Å². The number of pyridine rings is 1. The van der Waals surface area contributed by atoms with Crippen LogP contribution in [0.25, 0.3) is 0 Å². The summed E-state index contributed by atoms with van der Waals surface area (Å²) in [5.74, 6) is 0.922. The Morgan fingerprint density at radius 2 is 2.05 bits per heavy atom. The SMILES string of the molecule is CC(C)CN1CCN(C(=O)c2cc(Br)cnc2N)CC1. The van der Waals surface area contributed by atoms with Crippen molar-refractivity contribution < 1.29 is 4.79 Å². The number of carbonyl (C=O) groups is 1. The van der Waals surface area contributed by atoms with E-state index >= 15 is 0 Å². The van der Waals surface area contributed by atoms with Crippen molar-refractivity contribution in [3.63, 3.8) is 0 Å². The van der Waals surface area contributed by atoms with E-state index in [9.17, 15) is 4.79 Å². The summed E-state index contributed by atoms with van der Waals surface area (Å²) in [5.41, 5.74) is 6.28. The van der Waals surface area contributed by atoms with Crippen LogP contribution < -0.4 is 5.73 Å². The van der Waals surface area contributed by atoms with E-state index in [-0.39, 0.29) is 5.91 Å². The van der Waals surface area contributed by atoms with Crippen LogP contribution in [0, 0.1) is 5.92 Å². The van der Waals surface area contributed by atoms with Crippen LogP contribution in [0.1, 0.15) is 24.2 Å². The van der Waals surface area contributed by atoms with Gasteiger partial charge in [-0.1, -0.05) is 13.8 Å². The predicted molar refractivity (Wildman–Crippen MR) is 83.5 cm³/mol. The molecule has 0 saturated carbocycles. The minimum Gasteiger partial charge on any atom is -0.383 e. The van der Waals surface area contributed by atoms with Gasteiger partial charge in [-0.2, -0.15) is 0 Å². The molecular weight excluding hydrogens is 320 g/mol. The van der Waals surface area contributed by atoms with E-state index in [1.807, 2.05) is 4.90 Å². The first-order valence-corrected chi connectivity index (χ1v) is 7.69. The van der Waals surface area contributed by atoms with Crippen LogP contribution in [0.3, 0.4) is 0 Å². The summed E-state index contributed by atoms with van der Waals surface area (Å²) in [5, 5.41) is 0. The molecule has 110 valence electrons. The molecule has 2 N–H and O–H groups in total. The molecule has 0 atom stereocenters. The summed E-state index contributed by atoms with van der Waals surface area (Å²) in [6.07, 6.45) is 1.60. The fourth-order valence-corrected chi connectivity index (χ4v) is 2.77. The molecule has 5 nitrogen and oxygen atoms in total. The second-order valence-electron chi connectivity index (χ2n) is 5.57. The summed E-state index contributed by atoms with van der Waals surface area (Å²) < 4.78 is 0.772. The maximum atomic E-state index is 12.5. The lowest BCUT2D eigenvalue weighted by atomic mass is 10.1. The molecule has 0 aromatic carbocycles. The third-order valence-corrected chi connectivity index (χ3v) is 3.83. The van der Waals surface area contributed by atoms with E-state index in [0.29, 0.717) is 17.3 Å². The van der Waals surface area contributed by atoms with Crippen LogP contribution in [0.15, 0.2) is 16.7 Å². The molecule has 6 heteroatoms. The molecule has 0 unspecified atom stereocenters. The molecule has 1 aromatic heterocycles. The zero-order valence-corrected chi connectivity index (χ0v) is 13.6. The molecule has 1 aromatic rings. The molecule has 1 aliphatic heterocycles. The van der Waals surface area contributed by atoms with Crippen LogP contribution in [-0.2, 0) is 0 Å². The largest absolute Gasteiger partial charge is 0.383 e. The highest BCUT2D eigenvalue weighted by Crippen LogP contribution is 2.18. The van der Waals surface area contributed by atoms with Crippen LogP contribution in [0.2, 0.25) is 0 Å². The molecular formula is C14H21BrN4O. The second kappa shape index (κ2) is 6.54. The first-order chi connectivity index (χ1) is 9.47. The standard InChI is InChI=1S/C14H21BrN4O/c1-10(2)9-18-3-5-19(6-4-18)14(20)12-7-11(15)8-17-13(12)16/h7-8,10H,3-6,9H2,1-2H3,(H2,16,17). The van der Waals surface area contributed by atoms with Gasteiger partial charge in [0, 0.05) is 43.4 Å². The van der Waals surface area contributed by atoms with E-state index in [1.165, 1.54) is 0 Å². The van der Waals surface area contributed by atoms with Crippen molar-refractivity contribution in [1.82, 2.24) is 14.8 Å². The number of hydrogen-bond donors (Lipinski definition) is 1. The highest BCUT2D eigenvalue weighted by molar-refractivity contribution is 9.10. The third kappa shape index (κ3) is 3.70. The fraction of sp³-hybridized carbons (Fsp3) is 0.571. The molecule has 20 heavy (non-hydrogen) atoms. The molecule has 0 spiro atoms. The van der Waals surface area contributed by atoms with Gasteiger partial charge in [-0.15, -0.1) is 0 Å². The van der Waals surface area contributed by atoms with E-state index in [2.05, 4.69) is 39.7 Å². The Labute approximate surface area is 128 Å². The Morgan fingerprint density at radius 1 is 1.40 bits per heavy atom. The van der Waals surface area contributed by atoms with Gasteiger partial charge in [0.15, 0.2) is 0 Å². The number of aromatic nitrogens is 1. The lowest BCUT2D eigenvalue weighted by Crippen LogP contribution is -2.49. The molecule has 1 amide bonds. The lowest BCUT2D eigenvalue weighted by Gasteiger charge is -2.35. The van der Waals surface area contributed by atoms with Crippen molar-refractivity contribution in [1.29, 1.82) is 0 Å². The smallest absolute Gasteiger partial charge is 0.257 e. The topological polar surface area (TPSA) is 62.5 Å². The van der Waals surface area contributed by atoms with Crippen LogP contribution in [-0.4, -0.2) is 53.4 Å². The summed E-state index contributed by atoms with van der Waals surface area (Å²) in [6.45, 7) is 8.85. The Kier molecular flexibility index (Phi) is 4.99. The molecule has 0 aliphatic carbocycles. The highest BCUT2D eigenvalue weighted by Gasteiger charge is 2.24. The molecule has 2 heterocycles. The Hall–Kier alpha value is -1.14. The Balaban J connectivity index is 2.00. The lowest BCUT2D eigenvalue weighted by molar-refractivity contribution is 0.0624. The van der Waals surface area contributed by atoms with Crippen molar-refractivity contribution >= 4 is 27.7 Å². The van der Waals surface area contributed by atoms with E-state index < -0.39 is 0 Å². The first kappa shape index (κ1) is 15.3. The van der Waals surface area contributed by atoms with Crippen molar-refractivity contribution in [2.24, 2.45) is 5.92 Å². The summed E-state index contributed by atoms with van der Waals surface area (Å²) in [4.78, 5) is 20.7. The number of nitrogen functional groups attached to an aromatic ring is 1. The minimum absolute atomic E-state index is 0.0273. The van der Waals surface area contributed by atoms with Gasteiger partial charge in [0.05, 0.1) is 5.56 Å².